The Bertz CT molecular complexity index is 662. The van der Waals surface area contributed by atoms with Gasteiger partial charge in [0.15, 0.2) is 0 Å². The van der Waals surface area contributed by atoms with E-state index in [2.05, 4.69) is 40.0 Å². The van der Waals surface area contributed by atoms with Gasteiger partial charge in [0.1, 0.15) is 16.5 Å². The maximum Gasteiger partial charge on any atom is 0.255 e. The molecule has 1 fully saturated rings. The van der Waals surface area contributed by atoms with Crippen LogP contribution in [-0.2, 0) is 0 Å². The molecule has 1 aliphatic heterocycles. The number of halogens is 1. The van der Waals surface area contributed by atoms with Crippen LogP contribution in [0.2, 0.25) is 0 Å². The zero-order valence-electron chi connectivity index (χ0n) is 13.0. The zero-order chi connectivity index (χ0) is 16.2. The lowest BCUT2D eigenvalue weighted by atomic mass is 10.1. The van der Waals surface area contributed by atoms with Gasteiger partial charge in [-0.3, -0.25) is 4.79 Å². The second kappa shape index (κ2) is 7.13. The number of benzene rings is 1. The van der Waals surface area contributed by atoms with E-state index in [9.17, 15) is 4.79 Å². The van der Waals surface area contributed by atoms with Crippen molar-refractivity contribution < 1.29 is 9.53 Å². The van der Waals surface area contributed by atoms with Gasteiger partial charge in [-0.15, -0.1) is 0 Å². The molecule has 2 aromatic rings. The highest BCUT2D eigenvalue weighted by Gasteiger charge is 2.24. The van der Waals surface area contributed by atoms with Gasteiger partial charge in [0.2, 0.25) is 0 Å². The van der Waals surface area contributed by atoms with Gasteiger partial charge < -0.3 is 9.64 Å². The molecule has 4 nitrogen and oxygen atoms in total. The van der Waals surface area contributed by atoms with E-state index >= 15 is 0 Å². The third-order valence-corrected chi connectivity index (χ3v) is 4.50. The SMILES string of the molecule is Cc1ccc(OC2CCN(C(=O)c3ccc(Br)nc3)CC2)cc1. The third-order valence-electron chi connectivity index (χ3n) is 4.03. The smallest absolute Gasteiger partial charge is 0.255 e. The predicted octanol–water partition coefficient (Wildman–Crippen LogP) is 3.84. The Kier molecular flexibility index (Phi) is 4.96. The Morgan fingerprint density at radius 1 is 1.17 bits per heavy atom. The highest BCUT2D eigenvalue weighted by atomic mass is 79.9. The van der Waals surface area contributed by atoms with Crippen LogP contribution in [0.1, 0.15) is 28.8 Å². The van der Waals surface area contributed by atoms with Crippen molar-refractivity contribution in [1.82, 2.24) is 9.88 Å². The third kappa shape index (κ3) is 4.10. The van der Waals surface area contributed by atoms with Crippen LogP contribution in [0.25, 0.3) is 0 Å². The summed E-state index contributed by atoms with van der Waals surface area (Å²) in [5.41, 5.74) is 1.85. The molecule has 120 valence electrons. The average Bonchev–Trinajstić information content (AvgIpc) is 2.58. The van der Waals surface area contributed by atoms with Crippen LogP contribution in [0.4, 0.5) is 0 Å². The number of carbonyl (C=O) groups excluding carboxylic acids is 1. The Morgan fingerprint density at radius 3 is 2.48 bits per heavy atom. The second-order valence-electron chi connectivity index (χ2n) is 5.79. The molecule has 0 saturated carbocycles. The van der Waals surface area contributed by atoms with Gasteiger partial charge in [-0.1, -0.05) is 17.7 Å². The van der Waals surface area contributed by atoms with Gasteiger partial charge in [-0.2, -0.15) is 0 Å². The maximum absolute atomic E-state index is 12.4. The zero-order valence-corrected chi connectivity index (χ0v) is 14.6. The number of piperidine rings is 1. The maximum atomic E-state index is 12.4. The van der Waals surface area contributed by atoms with Gasteiger partial charge >= 0.3 is 0 Å². The molecular weight excluding hydrogens is 356 g/mol. The number of amides is 1. The fraction of sp³-hybridized carbons (Fsp3) is 0.333. The molecule has 1 aromatic heterocycles. The lowest BCUT2D eigenvalue weighted by Crippen LogP contribution is -2.41. The summed E-state index contributed by atoms with van der Waals surface area (Å²) in [6.07, 6.45) is 3.49. The number of pyridine rings is 1. The fourth-order valence-corrected chi connectivity index (χ4v) is 2.91. The first-order valence-electron chi connectivity index (χ1n) is 7.76. The first kappa shape index (κ1) is 16.0. The molecule has 3 rings (SSSR count). The summed E-state index contributed by atoms with van der Waals surface area (Å²) in [4.78, 5) is 18.4. The topological polar surface area (TPSA) is 42.4 Å². The molecule has 0 bridgehead atoms. The normalized spacial score (nSPS) is 15.5. The summed E-state index contributed by atoms with van der Waals surface area (Å²) in [6, 6.07) is 11.7. The molecule has 0 unspecified atom stereocenters. The van der Waals surface area contributed by atoms with Crippen LogP contribution in [-0.4, -0.2) is 35.0 Å². The number of aryl methyl sites for hydroxylation is 1. The minimum absolute atomic E-state index is 0.0405. The van der Waals surface area contributed by atoms with Crippen molar-refractivity contribution in [2.24, 2.45) is 0 Å². The first-order chi connectivity index (χ1) is 11.1. The molecule has 0 atom stereocenters. The second-order valence-corrected chi connectivity index (χ2v) is 6.60. The highest BCUT2D eigenvalue weighted by molar-refractivity contribution is 9.10. The Hall–Kier alpha value is -1.88. The quantitative estimate of drug-likeness (QED) is 0.766. The van der Waals surface area contributed by atoms with E-state index in [0.29, 0.717) is 18.7 Å². The molecular formula is C18H19BrN2O2. The van der Waals surface area contributed by atoms with Crippen molar-refractivity contribution >= 4 is 21.8 Å². The lowest BCUT2D eigenvalue weighted by Gasteiger charge is -2.32. The van der Waals surface area contributed by atoms with Gasteiger partial charge in [0.05, 0.1) is 5.56 Å². The van der Waals surface area contributed by atoms with E-state index in [0.717, 1.165) is 23.2 Å². The molecule has 2 heterocycles. The van der Waals surface area contributed by atoms with Crippen molar-refractivity contribution in [3.8, 4) is 5.75 Å². The van der Waals surface area contributed by atoms with E-state index < -0.39 is 0 Å². The van der Waals surface area contributed by atoms with E-state index in [-0.39, 0.29) is 12.0 Å². The number of ether oxygens (including phenoxy) is 1. The first-order valence-corrected chi connectivity index (χ1v) is 8.55. The molecule has 0 spiro atoms. The van der Waals surface area contributed by atoms with E-state index in [1.165, 1.54) is 5.56 Å². The van der Waals surface area contributed by atoms with Crippen molar-refractivity contribution in [3.05, 3.63) is 58.3 Å². The summed E-state index contributed by atoms with van der Waals surface area (Å²) >= 11 is 3.28. The number of rotatable bonds is 3. The molecule has 0 N–H and O–H groups in total. The minimum Gasteiger partial charge on any atom is -0.490 e. The Balaban J connectivity index is 1.54. The van der Waals surface area contributed by atoms with Gasteiger partial charge in [-0.25, -0.2) is 4.98 Å². The monoisotopic (exact) mass is 374 g/mol. The standard InChI is InChI=1S/C18H19BrN2O2/c1-13-2-5-15(6-3-13)23-16-8-10-21(11-9-16)18(22)14-4-7-17(19)20-12-14/h2-7,12,16H,8-11H2,1H3. The summed E-state index contributed by atoms with van der Waals surface area (Å²) < 4.78 is 6.74. The van der Waals surface area contributed by atoms with E-state index in [1.807, 2.05) is 17.0 Å². The summed E-state index contributed by atoms with van der Waals surface area (Å²) in [5.74, 6) is 0.941. The Morgan fingerprint density at radius 2 is 1.87 bits per heavy atom. The molecule has 1 aromatic carbocycles. The largest absolute Gasteiger partial charge is 0.490 e. The molecule has 0 aliphatic carbocycles. The highest BCUT2D eigenvalue weighted by Crippen LogP contribution is 2.20. The van der Waals surface area contributed by atoms with Crippen molar-refractivity contribution in [1.29, 1.82) is 0 Å². The average molecular weight is 375 g/mol. The van der Waals surface area contributed by atoms with Gasteiger partial charge in [-0.05, 0) is 47.1 Å². The number of nitrogens with zero attached hydrogens (tertiary/aromatic N) is 2. The van der Waals surface area contributed by atoms with Gasteiger partial charge in [0.25, 0.3) is 5.91 Å². The fourth-order valence-electron chi connectivity index (χ4n) is 2.67. The molecule has 23 heavy (non-hydrogen) atoms. The summed E-state index contributed by atoms with van der Waals surface area (Å²) in [7, 11) is 0. The van der Waals surface area contributed by atoms with Crippen molar-refractivity contribution in [3.63, 3.8) is 0 Å². The summed E-state index contributed by atoms with van der Waals surface area (Å²) in [5, 5.41) is 0. The van der Waals surface area contributed by atoms with E-state index in [4.69, 9.17) is 4.74 Å². The predicted molar refractivity (Wildman–Crippen MR) is 92.7 cm³/mol. The van der Waals surface area contributed by atoms with Crippen molar-refractivity contribution in [2.75, 3.05) is 13.1 Å². The molecule has 0 radical (unpaired) electrons. The summed E-state index contributed by atoms with van der Waals surface area (Å²) in [6.45, 7) is 3.49. The van der Waals surface area contributed by atoms with E-state index in [1.54, 1.807) is 18.3 Å². The molecule has 5 heteroatoms. The molecule has 1 saturated heterocycles. The number of likely N-dealkylation sites (tertiary alicyclic amines) is 1. The van der Waals surface area contributed by atoms with Crippen molar-refractivity contribution in [2.45, 2.75) is 25.9 Å². The number of carbonyl (C=O) groups is 1. The number of hydrogen-bond donors (Lipinski definition) is 0. The molecule has 1 amide bonds. The van der Waals surface area contributed by atoms with Crippen LogP contribution < -0.4 is 4.74 Å². The number of aromatic nitrogens is 1. The van der Waals surface area contributed by atoms with Gasteiger partial charge in [0, 0.05) is 32.1 Å². The Labute approximate surface area is 144 Å². The van der Waals surface area contributed by atoms with Crippen LogP contribution in [0.15, 0.2) is 47.2 Å². The number of hydrogen-bond acceptors (Lipinski definition) is 3. The van der Waals surface area contributed by atoms with Crippen LogP contribution in [0.5, 0.6) is 5.75 Å². The molecule has 1 aliphatic rings. The van der Waals surface area contributed by atoms with Crippen LogP contribution in [0, 0.1) is 6.92 Å². The van der Waals surface area contributed by atoms with Crippen LogP contribution in [0.3, 0.4) is 0 Å². The minimum atomic E-state index is 0.0405. The van der Waals surface area contributed by atoms with Crippen LogP contribution >= 0.6 is 15.9 Å². The lowest BCUT2D eigenvalue weighted by molar-refractivity contribution is 0.0595.